The van der Waals surface area contributed by atoms with E-state index in [1.807, 2.05) is 0 Å². The molecule has 0 aromatic carbocycles. The van der Waals surface area contributed by atoms with E-state index in [2.05, 4.69) is 37.8 Å². The van der Waals surface area contributed by atoms with Crippen LogP contribution in [-0.2, 0) is 6.42 Å². The Bertz CT molecular complexity index is 296. The number of likely N-dealkylation sites (N-methyl/N-ethyl adjacent to an activating group) is 1. The average molecular weight is 224 g/mol. The van der Waals surface area contributed by atoms with Gasteiger partial charge >= 0.3 is 0 Å². The van der Waals surface area contributed by atoms with Gasteiger partial charge in [0.15, 0.2) is 0 Å². The van der Waals surface area contributed by atoms with Crippen LogP contribution in [0.3, 0.4) is 0 Å². The van der Waals surface area contributed by atoms with Crippen LogP contribution >= 0.6 is 0 Å². The molecule has 1 atom stereocenters. The Labute approximate surface area is 98.6 Å². The molecule has 3 heteroatoms. The van der Waals surface area contributed by atoms with Crippen molar-refractivity contribution in [3.05, 3.63) is 23.7 Å². The molecule has 1 heterocycles. The van der Waals surface area contributed by atoms with Crippen LogP contribution in [0.15, 0.2) is 16.5 Å². The van der Waals surface area contributed by atoms with E-state index < -0.39 is 0 Å². The average Bonchev–Trinajstić information content (AvgIpc) is 2.77. The van der Waals surface area contributed by atoms with Crippen molar-refractivity contribution in [1.29, 1.82) is 0 Å². The van der Waals surface area contributed by atoms with Crippen molar-refractivity contribution in [3.63, 3.8) is 0 Å². The van der Waals surface area contributed by atoms with E-state index in [4.69, 9.17) is 10.2 Å². The van der Waals surface area contributed by atoms with Crippen LogP contribution < -0.4 is 5.73 Å². The van der Waals surface area contributed by atoms with Crippen LogP contribution in [0.4, 0.5) is 0 Å². The molecule has 3 nitrogen and oxygen atoms in total. The van der Waals surface area contributed by atoms with Gasteiger partial charge in [-0.05, 0) is 31.6 Å². The van der Waals surface area contributed by atoms with Crippen LogP contribution in [-0.4, -0.2) is 24.5 Å². The van der Waals surface area contributed by atoms with Crippen molar-refractivity contribution in [2.45, 2.75) is 39.7 Å². The summed E-state index contributed by atoms with van der Waals surface area (Å²) in [5.74, 6) is 2.05. The standard InChI is InChI=1S/C13H24N2O/c1-4-9-15(6-3)12(10-14)13-8-7-11(5-2)16-13/h7-8,12H,4-6,9-10,14H2,1-3H3. The zero-order valence-electron chi connectivity index (χ0n) is 10.7. The maximum atomic E-state index is 5.86. The Morgan fingerprint density at radius 3 is 2.50 bits per heavy atom. The molecule has 0 aliphatic rings. The minimum absolute atomic E-state index is 0.227. The summed E-state index contributed by atoms with van der Waals surface area (Å²) in [6.07, 6.45) is 2.09. The first-order chi connectivity index (χ1) is 7.76. The molecule has 0 amide bonds. The number of furan rings is 1. The number of nitrogens with zero attached hydrogens (tertiary/aromatic N) is 1. The predicted molar refractivity (Wildman–Crippen MR) is 67.4 cm³/mol. The monoisotopic (exact) mass is 224 g/mol. The van der Waals surface area contributed by atoms with Gasteiger partial charge in [0.05, 0.1) is 6.04 Å². The van der Waals surface area contributed by atoms with Gasteiger partial charge in [-0.3, -0.25) is 4.90 Å². The Balaban J connectivity index is 2.78. The minimum atomic E-state index is 0.227. The summed E-state index contributed by atoms with van der Waals surface area (Å²) < 4.78 is 5.79. The Morgan fingerprint density at radius 2 is 2.06 bits per heavy atom. The minimum Gasteiger partial charge on any atom is -0.464 e. The molecule has 0 fully saturated rings. The number of aryl methyl sites for hydroxylation is 1. The SMILES string of the molecule is CCCN(CC)C(CN)c1ccc(CC)o1. The van der Waals surface area contributed by atoms with Gasteiger partial charge < -0.3 is 10.2 Å². The first kappa shape index (κ1) is 13.3. The fraction of sp³-hybridized carbons (Fsp3) is 0.692. The van der Waals surface area contributed by atoms with E-state index >= 15 is 0 Å². The highest BCUT2D eigenvalue weighted by Crippen LogP contribution is 2.22. The zero-order chi connectivity index (χ0) is 12.0. The number of nitrogens with two attached hydrogens (primary N) is 1. The molecule has 0 saturated heterocycles. The Hall–Kier alpha value is -0.800. The van der Waals surface area contributed by atoms with E-state index in [0.717, 1.165) is 37.5 Å². The summed E-state index contributed by atoms with van der Waals surface area (Å²) in [4.78, 5) is 2.37. The second kappa shape index (κ2) is 6.71. The van der Waals surface area contributed by atoms with Crippen LogP contribution in [0.25, 0.3) is 0 Å². The van der Waals surface area contributed by atoms with E-state index in [-0.39, 0.29) is 6.04 Å². The van der Waals surface area contributed by atoms with Crippen LogP contribution in [0.1, 0.15) is 44.8 Å². The molecule has 0 bridgehead atoms. The molecule has 0 radical (unpaired) electrons. The fourth-order valence-corrected chi connectivity index (χ4v) is 2.03. The van der Waals surface area contributed by atoms with Gasteiger partial charge in [0.25, 0.3) is 0 Å². The van der Waals surface area contributed by atoms with Gasteiger partial charge in [0, 0.05) is 13.0 Å². The lowest BCUT2D eigenvalue weighted by Gasteiger charge is -2.27. The van der Waals surface area contributed by atoms with Crippen molar-refractivity contribution in [2.24, 2.45) is 5.73 Å². The molecule has 1 rings (SSSR count). The summed E-state index contributed by atoms with van der Waals surface area (Å²) in [6.45, 7) is 9.16. The molecule has 2 N–H and O–H groups in total. The van der Waals surface area contributed by atoms with E-state index in [1.54, 1.807) is 0 Å². The Kier molecular flexibility index (Phi) is 5.56. The molecule has 92 valence electrons. The third-order valence-electron chi connectivity index (χ3n) is 2.94. The molecular formula is C13H24N2O. The lowest BCUT2D eigenvalue weighted by atomic mass is 10.2. The van der Waals surface area contributed by atoms with Crippen molar-refractivity contribution >= 4 is 0 Å². The lowest BCUT2D eigenvalue weighted by Crippen LogP contribution is -2.34. The summed E-state index contributed by atoms with van der Waals surface area (Å²) in [5.41, 5.74) is 5.86. The molecular weight excluding hydrogens is 200 g/mol. The maximum absolute atomic E-state index is 5.86. The third kappa shape index (κ3) is 3.09. The molecule has 16 heavy (non-hydrogen) atoms. The maximum Gasteiger partial charge on any atom is 0.122 e. The third-order valence-corrected chi connectivity index (χ3v) is 2.94. The van der Waals surface area contributed by atoms with Gasteiger partial charge in [0.2, 0.25) is 0 Å². The van der Waals surface area contributed by atoms with E-state index in [1.165, 1.54) is 0 Å². The number of hydrogen-bond donors (Lipinski definition) is 1. The molecule has 0 aliphatic heterocycles. The quantitative estimate of drug-likeness (QED) is 0.774. The summed E-state index contributed by atoms with van der Waals surface area (Å²) in [7, 11) is 0. The van der Waals surface area contributed by atoms with Gasteiger partial charge in [-0.15, -0.1) is 0 Å². The van der Waals surface area contributed by atoms with Gasteiger partial charge in [0.1, 0.15) is 11.5 Å². The highest BCUT2D eigenvalue weighted by Gasteiger charge is 2.19. The van der Waals surface area contributed by atoms with Gasteiger partial charge in [-0.1, -0.05) is 20.8 Å². The topological polar surface area (TPSA) is 42.4 Å². The fourth-order valence-electron chi connectivity index (χ4n) is 2.03. The summed E-state index contributed by atoms with van der Waals surface area (Å²) >= 11 is 0. The predicted octanol–water partition coefficient (Wildman–Crippen LogP) is 2.57. The van der Waals surface area contributed by atoms with Crippen LogP contribution in [0.5, 0.6) is 0 Å². The Morgan fingerprint density at radius 1 is 1.31 bits per heavy atom. The molecule has 0 saturated carbocycles. The highest BCUT2D eigenvalue weighted by atomic mass is 16.3. The van der Waals surface area contributed by atoms with Crippen molar-refractivity contribution < 1.29 is 4.42 Å². The van der Waals surface area contributed by atoms with E-state index in [9.17, 15) is 0 Å². The number of rotatable bonds is 7. The summed E-state index contributed by atoms with van der Waals surface area (Å²) in [5, 5.41) is 0. The normalized spacial score (nSPS) is 13.3. The largest absolute Gasteiger partial charge is 0.464 e. The molecule has 1 aromatic rings. The number of hydrogen-bond acceptors (Lipinski definition) is 3. The zero-order valence-corrected chi connectivity index (χ0v) is 10.7. The van der Waals surface area contributed by atoms with Crippen molar-refractivity contribution in [1.82, 2.24) is 4.90 Å². The van der Waals surface area contributed by atoms with Gasteiger partial charge in [-0.2, -0.15) is 0 Å². The first-order valence-corrected chi connectivity index (χ1v) is 6.29. The molecule has 1 unspecified atom stereocenters. The van der Waals surface area contributed by atoms with Crippen molar-refractivity contribution in [2.75, 3.05) is 19.6 Å². The molecule has 0 aliphatic carbocycles. The molecule has 1 aromatic heterocycles. The van der Waals surface area contributed by atoms with Crippen LogP contribution in [0, 0.1) is 0 Å². The van der Waals surface area contributed by atoms with Gasteiger partial charge in [-0.25, -0.2) is 0 Å². The molecule has 0 spiro atoms. The highest BCUT2D eigenvalue weighted by molar-refractivity contribution is 5.11. The van der Waals surface area contributed by atoms with Crippen LogP contribution in [0.2, 0.25) is 0 Å². The summed E-state index contributed by atoms with van der Waals surface area (Å²) in [6, 6.07) is 4.34. The lowest BCUT2D eigenvalue weighted by molar-refractivity contribution is 0.187. The van der Waals surface area contributed by atoms with Crippen molar-refractivity contribution in [3.8, 4) is 0 Å². The second-order valence-corrected chi connectivity index (χ2v) is 4.04. The smallest absolute Gasteiger partial charge is 0.122 e. The van der Waals surface area contributed by atoms with E-state index in [0.29, 0.717) is 6.54 Å². The second-order valence-electron chi connectivity index (χ2n) is 4.04. The first-order valence-electron chi connectivity index (χ1n) is 6.29.